The van der Waals surface area contributed by atoms with Gasteiger partial charge in [0.15, 0.2) is 31.2 Å². The summed E-state index contributed by atoms with van der Waals surface area (Å²) in [5.74, 6) is -0.564. The zero-order valence-corrected chi connectivity index (χ0v) is 32.2. The van der Waals surface area contributed by atoms with Crippen molar-refractivity contribution in [1.82, 2.24) is 19.6 Å². The van der Waals surface area contributed by atoms with Crippen LogP contribution in [-0.2, 0) is 50.1 Å². The van der Waals surface area contributed by atoms with Gasteiger partial charge < -0.3 is 4.74 Å². The molecule has 280 valence electrons. The molecule has 0 aliphatic carbocycles. The van der Waals surface area contributed by atoms with Gasteiger partial charge in [0.25, 0.3) is 0 Å². The van der Waals surface area contributed by atoms with Gasteiger partial charge in [-0.15, -0.1) is 0 Å². The lowest BCUT2D eigenvalue weighted by Crippen LogP contribution is -2.07. The van der Waals surface area contributed by atoms with Crippen molar-refractivity contribution in [1.29, 1.82) is 0 Å². The molecule has 0 saturated heterocycles. The molecule has 2 aromatic heterocycles. The van der Waals surface area contributed by atoms with Crippen molar-refractivity contribution >= 4 is 31.4 Å². The van der Waals surface area contributed by atoms with Crippen LogP contribution in [0.5, 0.6) is 0 Å². The van der Waals surface area contributed by atoms with E-state index in [1.54, 1.807) is 52.7 Å². The van der Waals surface area contributed by atoms with Crippen LogP contribution in [0.4, 0.5) is 0 Å². The summed E-state index contributed by atoms with van der Waals surface area (Å²) < 4.78 is 54.9. The second kappa shape index (κ2) is 17.4. The van der Waals surface area contributed by atoms with Crippen LogP contribution in [0.25, 0.3) is 11.4 Å². The van der Waals surface area contributed by atoms with Gasteiger partial charge >= 0.3 is 5.97 Å². The molecule has 0 fully saturated rings. The number of ether oxygens (including phenoxy) is 1. The summed E-state index contributed by atoms with van der Waals surface area (Å²) in [6.45, 7) is 3.52. The molecule has 13 heteroatoms. The number of aryl methyl sites for hydroxylation is 4. The van der Waals surface area contributed by atoms with Gasteiger partial charge in [0.05, 0.1) is 33.5 Å². The molecule has 0 aliphatic rings. The van der Waals surface area contributed by atoms with E-state index < -0.39 is 25.6 Å². The van der Waals surface area contributed by atoms with Gasteiger partial charge in [-0.1, -0.05) is 60.7 Å². The van der Waals surface area contributed by atoms with Gasteiger partial charge in [-0.2, -0.15) is 10.2 Å². The summed E-state index contributed by atoms with van der Waals surface area (Å²) in [5, 5.41) is 8.95. The van der Waals surface area contributed by atoms with Gasteiger partial charge in [0.1, 0.15) is 5.69 Å². The predicted molar refractivity (Wildman–Crippen MR) is 207 cm³/mol. The third-order valence-corrected chi connectivity index (χ3v) is 10.7. The first-order valence-corrected chi connectivity index (χ1v) is 21.1. The Morgan fingerprint density at radius 1 is 0.611 bits per heavy atom. The number of carbonyl (C=O) groups is 2. The topological polar surface area (TPSA) is 147 Å². The highest BCUT2D eigenvalue weighted by Gasteiger charge is 2.18. The lowest BCUT2D eigenvalue weighted by atomic mass is 10.1. The molecule has 4 aromatic carbocycles. The van der Waals surface area contributed by atoms with E-state index >= 15 is 0 Å². The van der Waals surface area contributed by atoms with E-state index in [0.717, 1.165) is 30.7 Å². The van der Waals surface area contributed by atoms with E-state index in [1.165, 1.54) is 54.8 Å². The van der Waals surface area contributed by atoms with Crippen molar-refractivity contribution in [2.45, 2.75) is 49.3 Å². The maximum Gasteiger partial charge on any atom is 0.358 e. The molecule has 0 atom stereocenters. The quantitative estimate of drug-likeness (QED) is 0.0949. The number of benzene rings is 4. The fraction of sp³-hybridized carbons (Fsp3) is 0.220. The molecule has 0 amide bonds. The number of esters is 1. The lowest BCUT2D eigenvalue weighted by Gasteiger charge is -2.08. The molecule has 0 saturated carbocycles. The lowest BCUT2D eigenvalue weighted by molar-refractivity contribution is 0.0518. The molecule has 54 heavy (non-hydrogen) atoms. The number of carbonyl (C=O) groups excluding carboxylic acids is 2. The molecule has 2 heterocycles. The normalized spacial score (nSPS) is 11.4. The van der Waals surface area contributed by atoms with Crippen LogP contribution in [0.1, 0.15) is 57.3 Å². The van der Waals surface area contributed by atoms with E-state index in [4.69, 9.17) is 4.74 Å². The Hall–Kier alpha value is -5.66. The minimum absolute atomic E-state index is 0.0874. The third kappa shape index (κ3) is 10.5. The Labute approximate surface area is 316 Å². The van der Waals surface area contributed by atoms with Gasteiger partial charge in [-0.25, -0.2) is 31.0 Å². The van der Waals surface area contributed by atoms with Gasteiger partial charge in [-0.3, -0.25) is 4.79 Å². The standard InChI is InChI=1S/C21H22N2O4S.C20H20N2O3S/c1-3-27-21(24)20-15-18(10-9-16-7-5-4-6-8-16)23(22-20)17-11-13-19(14-12-17)28(2,25)26;1-15(23)20-14-17(9-8-16-6-4-3-5-7-16)21-22(20)18-10-12-19(13-11-18)26(2,24)25/h4-8,11-15H,3,9-10H2,1-2H3;3-7,10-14H,8-9H2,1-2H3. The fourth-order valence-corrected chi connectivity index (χ4v) is 6.89. The van der Waals surface area contributed by atoms with Crippen LogP contribution in [0.2, 0.25) is 0 Å². The highest BCUT2D eigenvalue weighted by Crippen LogP contribution is 2.20. The number of ketones is 1. The SMILES string of the molecule is CC(=O)c1cc(CCc2ccccc2)nn1-c1ccc(S(C)(=O)=O)cc1.CCOC(=O)c1cc(CCc2ccccc2)n(-c2ccc(S(C)(=O)=O)cc2)n1. The largest absolute Gasteiger partial charge is 0.461 e. The molecule has 0 aliphatic heterocycles. The van der Waals surface area contributed by atoms with E-state index in [9.17, 15) is 26.4 Å². The molecule has 6 aromatic rings. The maximum atomic E-state index is 12.1. The molecule has 0 radical (unpaired) electrons. The average molecular weight is 767 g/mol. The Morgan fingerprint density at radius 2 is 1.09 bits per heavy atom. The van der Waals surface area contributed by atoms with Crippen LogP contribution in [0.15, 0.2) is 131 Å². The predicted octanol–water partition coefficient (Wildman–Crippen LogP) is 6.50. The molecule has 0 spiro atoms. The Balaban J connectivity index is 0.000000208. The molecule has 0 unspecified atom stereocenters. The highest BCUT2D eigenvalue weighted by molar-refractivity contribution is 7.91. The number of sulfone groups is 2. The number of aromatic nitrogens is 4. The molecule has 0 N–H and O–H groups in total. The summed E-state index contributed by atoms with van der Waals surface area (Å²) in [6.07, 6.45) is 5.35. The average Bonchev–Trinajstić information content (AvgIpc) is 3.79. The first kappa shape index (κ1) is 39.5. The monoisotopic (exact) mass is 766 g/mol. The molecule has 0 bridgehead atoms. The van der Waals surface area contributed by atoms with Gasteiger partial charge in [-0.05, 0) is 104 Å². The summed E-state index contributed by atoms with van der Waals surface area (Å²) in [5.41, 5.74) is 6.13. The zero-order valence-electron chi connectivity index (χ0n) is 30.5. The second-order valence-corrected chi connectivity index (χ2v) is 16.7. The minimum Gasteiger partial charge on any atom is -0.461 e. The van der Waals surface area contributed by atoms with Crippen LogP contribution < -0.4 is 0 Å². The van der Waals surface area contributed by atoms with Crippen molar-refractivity contribution in [3.63, 3.8) is 0 Å². The number of hydrogen-bond acceptors (Lipinski definition) is 9. The van der Waals surface area contributed by atoms with Crippen molar-refractivity contribution in [3.05, 3.63) is 155 Å². The number of rotatable bonds is 13. The van der Waals surface area contributed by atoms with Gasteiger partial charge in [0, 0.05) is 25.1 Å². The van der Waals surface area contributed by atoms with E-state index in [2.05, 4.69) is 22.3 Å². The molecule has 6 rings (SSSR count). The molecular formula is C41H42N4O7S2. The minimum atomic E-state index is -3.28. The Morgan fingerprint density at radius 3 is 1.56 bits per heavy atom. The second-order valence-electron chi connectivity index (χ2n) is 12.6. The van der Waals surface area contributed by atoms with Crippen LogP contribution >= 0.6 is 0 Å². The third-order valence-electron chi connectivity index (χ3n) is 8.43. The number of hydrogen-bond donors (Lipinski definition) is 0. The Bertz CT molecular complexity index is 2420. The van der Waals surface area contributed by atoms with E-state index in [-0.39, 0.29) is 27.9 Å². The van der Waals surface area contributed by atoms with Crippen molar-refractivity contribution in [2.75, 3.05) is 19.1 Å². The van der Waals surface area contributed by atoms with Crippen LogP contribution in [0.3, 0.4) is 0 Å². The van der Waals surface area contributed by atoms with Crippen LogP contribution in [0, 0.1) is 0 Å². The summed E-state index contributed by atoms with van der Waals surface area (Å²) in [6, 6.07) is 36.5. The summed E-state index contributed by atoms with van der Waals surface area (Å²) in [4.78, 5) is 24.6. The van der Waals surface area contributed by atoms with E-state index in [1.807, 2.05) is 48.5 Å². The van der Waals surface area contributed by atoms with Gasteiger partial charge in [0.2, 0.25) is 0 Å². The number of Topliss-reactive ketones (excluding diaryl/α,β-unsaturated/α-hetero) is 1. The number of nitrogens with zero attached hydrogens (tertiary/aromatic N) is 4. The summed E-state index contributed by atoms with van der Waals surface area (Å²) >= 11 is 0. The first-order chi connectivity index (χ1) is 25.7. The van der Waals surface area contributed by atoms with Crippen molar-refractivity contribution in [3.8, 4) is 11.4 Å². The van der Waals surface area contributed by atoms with Crippen LogP contribution in [-0.4, -0.2) is 67.3 Å². The highest BCUT2D eigenvalue weighted by atomic mass is 32.2. The Kier molecular flexibility index (Phi) is 12.8. The van der Waals surface area contributed by atoms with E-state index in [0.29, 0.717) is 23.5 Å². The maximum absolute atomic E-state index is 12.1. The first-order valence-electron chi connectivity index (χ1n) is 17.3. The molecular weight excluding hydrogens is 725 g/mol. The van der Waals surface area contributed by atoms with Crippen molar-refractivity contribution in [2.24, 2.45) is 0 Å². The fourth-order valence-electron chi connectivity index (χ4n) is 5.63. The summed E-state index contributed by atoms with van der Waals surface area (Å²) in [7, 11) is -6.54. The zero-order chi connectivity index (χ0) is 38.9. The smallest absolute Gasteiger partial charge is 0.358 e. The van der Waals surface area contributed by atoms with Crippen molar-refractivity contribution < 1.29 is 31.2 Å². The molecule has 11 nitrogen and oxygen atoms in total.